The van der Waals surface area contributed by atoms with Crippen LogP contribution in [0.2, 0.25) is 0 Å². The molecule has 1 heterocycles. The van der Waals surface area contributed by atoms with Crippen molar-refractivity contribution in [1.29, 1.82) is 0 Å². The molecule has 0 fully saturated rings. The normalized spacial score (nSPS) is 11.9. The van der Waals surface area contributed by atoms with Gasteiger partial charge in [0.25, 0.3) is 0 Å². The zero-order valence-corrected chi connectivity index (χ0v) is 21.3. The number of carbonyl (C=O) groups is 1. The Balaban J connectivity index is 1.40. The predicted octanol–water partition coefficient (Wildman–Crippen LogP) is 6.46. The van der Waals surface area contributed by atoms with Crippen LogP contribution in [-0.4, -0.2) is 36.3 Å². The summed E-state index contributed by atoms with van der Waals surface area (Å²) < 4.78 is 17.8. The van der Waals surface area contributed by atoms with Gasteiger partial charge in [-0.05, 0) is 43.5 Å². The van der Waals surface area contributed by atoms with Gasteiger partial charge >= 0.3 is 5.97 Å². The van der Waals surface area contributed by atoms with Gasteiger partial charge in [0.15, 0.2) is 11.9 Å². The van der Waals surface area contributed by atoms with Gasteiger partial charge in [0, 0.05) is 16.6 Å². The molecule has 7 heteroatoms. The minimum Gasteiger partial charge on any atom is -0.477 e. The molecule has 0 saturated carbocycles. The summed E-state index contributed by atoms with van der Waals surface area (Å²) in [6, 6.07) is 23.4. The summed E-state index contributed by atoms with van der Waals surface area (Å²) in [6.07, 6.45) is 0.724. The number of unbranched alkanes of at least 4 members (excludes halogenated alkanes) is 1. The van der Waals surface area contributed by atoms with E-state index in [1.807, 2.05) is 79.7 Å². The summed E-state index contributed by atoms with van der Waals surface area (Å²) in [4.78, 5) is 21.6. The van der Waals surface area contributed by atoms with Crippen molar-refractivity contribution in [2.45, 2.75) is 25.9 Å². The van der Waals surface area contributed by atoms with E-state index in [9.17, 15) is 4.79 Å². The number of hydrogen-bond acceptors (Lipinski definition) is 6. The Labute approximate surface area is 213 Å². The molecule has 0 aliphatic heterocycles. The number of hydrogen-bond donors (Lipinski definition) is 0. The number of fused-ring (bicyclic) bond motifs is 1. The maximum absolute atomic E-state index is 12.1. The summed E-state index contributed by atoms with van der Waals surface area (Å²) in [5.41, 5.74) is 3.71. The first-order valence-electron chi connectivity index (χ1n) is 11.5. The van der Waals surface area contributed by atoms with Crippen LogP contribution in [0.1, 0.15) is 30.1 Å². The summed E-state index contributed by atoms with van der Waals surface area (Å²) >= 11 is 3.53. The molecule has 0 bridgehead atoms. The van der Waals surface area contributed by atoms with Crippen LogP contribution in [0.3, 0.4) is 0 Å². The van der Waals surface area contributed by atoms with Crippen LogP contribution in [0.4, 0.5) is 0 Å². The topological polar surface area (TPSA) is 70.5 Å². The first-order chi connectivity index (χ1) is 17.0. The minimum absolute atomic E-state index is 0.405. The third kappa shape index (κ3) is 6.44. The van der Waals surface area contributed by atoms with E-state index in [0.29, 0.717) is 24.9 Å². The number of benzene rings is 3. The van der Waals surface area contributed by atoms with Crippen molar-refractivity contribution < 1.29 is 19.0 Å². The van der Waals surface area contributed by atoms with E-state index in [0.717, 1.165) is 39.3 Å². The highest BCUT2D eigenvalue weighted by atomic mass is 79.9. The Kier molecular flexibility index (Phi) is 8.45. The molecule has 1 unspecified atom stereocenters. The molecular formula is C28H27BrN2O4. The standard InChI is InChI=1S/C28H27BrN2O4/c1-19-10-12-21(13-11-19)26-30-24-15-14-22(29)18-23(24)27(31-26)35-17-7-6-16-34-25(28(32)33-2)20-8-4-3-5-9-20/h3-5,8-15,18,25H,6-7,16-17H2,1-2H3. The van der Waals surface area contributed by atoms with E-state index in [-0.39, 0.29) is 0 Å². The minimum atomic E-state index is -0.734. The van der Waals surface area contributed by atoms with Gasteiger partial charge in [-0.3, -0.25) is 0 Å². The maximum Gasteiger partial charge on any atom is 0.339 e. The molecule has 35 heavy (non-hydrogen) atoms. The van der Waals surface area contributed by atoms with Gasteiger partial charge in [0.2, 0.25) is 5.88 Å². The fourth-order valence-corrected chi connectivity index (χ4v) is 3.98. The van der Waals surface area contributed by atoms with Crippen molar-refractivity contribution in [3.05, 3.63) is 88.4 Å². The third-order valence-corrected chi connectivity index (χ3v) is 6.01. The molecule has 6 nitrogen and oxygen atoms in total. The van der Waals surface area contributed by atoms with Crippen molar-refractivity contribution in [1.82, 2.24) is 9.97 Å². The Bertz CT molecular complexity index is 1280. The Morgan fingerprint density at radius 3 is 2.43 bits per heavy atom. The van der Waals surface area contributed by atoms with Crippen molar-refractivity contribution >= 4 is 32.8 Å². The van der Waals surface area contributed by atoms with Gasteiger partial charge in [0.1, 0.15) is 0 Å². The van der Waals surface area contributed by atoms with Crippen molar-refractivity contribution in [3.8, 4) is 17.3 Å². The molecule has 180 valence electrons. The third-order valence-electron chi connectivity index (χ3n) is 5.51. The van der Waals surface area contributed by atoms with Gasteiger partial charge in [-0.15, -0.1) is 0 Å². The lowest BCUT2D eigenvalue weighted by Gasteiger charge is -2.16. The number of methoxy groups -OCH3 is 1. The van der Waals surface area contributed by atoms with Gasteiger partial charge in [0.05, 0.1) is 24.6 Å². The number of aromatic nitrogens is 2. The van der Waals surface area contributed by atoms with Crippen LogP contribution in [0.15, 0.2) is 77.3 Å². The van der Waals surface area contributed by atoms with Crippen LogP contribution in [0.25, 0.3) is 22.3 Å². The highest BCUT2D eigenvalue weighted by molar-refractivity contribution is 9.10. The molecule has 0 aliphatic rings. The van der Waals surface area contributed by atoms with E-state index in [4.69, 9.17) is 24.2 Å². The van der Waals surface area contributed by atoms with Crippen LogP contribution < -0.4 is 4.74 Å². The molecule has 1 aromatic heterocycles. The molecule has 4 aromatic rings. The molecule has 3 aromatic carbocycles. The number of nitrogens with zero attached hydrogens (tertiary/aromatic N) is 2. The second kappa shape index (κ2) is 11.9. The predicted molar refractivity (Wildman–Crippen MR) is 139 cm³/mol. The Hall–Kier alpha value is -3.29. The van der Waals surface area contributed by atoms with Crippen molar-refractivity contribution in [2.24, 2.45) is 0 Å². The molecular weight excluding hydrogens is 508 g/mol. The largest absolute Gasteiger partial charge is 0.477 e. The second-order valence-electron chi connectivity index (χ2n) is 8.12. The Morgan fingerprint density at radius 1 is 0.943 bits per heavy atom. The van der Waals surface area contributed by atoms with Gasteiger partial charge in [-0.1, -0.05) is 76.1 Å². The first-order valence-corrected chi connectivity index (χ1v) is 12.3. The highest BCUT2D eigenvalue weighted by Crippen LogP contribution is 2.29. The van der Waals surface area contributed by atoms with Gasteiger partial charge < -0.3 is 14.2 Å². The zero-order chi connectivity index (χ0) is 24.6. The van der Waals surface area contributed by atoms with Crippen LogP contribution in [0, 0.1) is 6.92 Å². The molecule has 4 rings (SSSR count). The lowest BCUT2D eigenvalue weighted by Crippen LogP contribution is -2.18. The van der Waals surface area contributed by atoms with E-state index in [1.165, 1.54) is 12.7 Å². The fourth-order valence-electron chi connectivity index (χ4n) is 3.62. The number of esters is 1. The smallest absolute Gasteiger partial charge is 0.339 e. The molecule has 0 amide bonds. The van der Waals surface area contributed by atoms with Crippen molar-refractivity contribution in [3.63, 3.8) is 0 Å². The van der Waals surface area contributed by atoms with Crippen molar-refractivity contribution in [2.75, 3.05) is 20.3 Å². The lowest BCUT2D eigenvalue weighted by molar-refractivity contribution is -0.154. The number of aryl methyl sites for hydroxylation is 1. The van der Waals surface area contributed by atoms with E-state index >= 15 is 0 Å². The monoisotopic (exact) mass is 534 g/mol. The average Bonchev–Trinajstić information content (AvgIpc) is 2.88. The second-order valence-corrected chi connectivity index (χ2v) is 9.04. The molecule has 0 radical (unpaired) electrons. The molecule has 0 aliphatic carbocycles. The lowest BCUT2D eigenvalue weighted by atomic mass is 10.1. The number of halogens is 1. The average molecular weight is 535 g/mol. The fraction of sp³-hybridized carbons (Fsp3) is 0.250. The van der Waals surface area contributed by atoms with E-state index in [1.54, 1.807) is 0 Å². The van der Waals surface area contributed by atoms with E-state index in [2.05, 4.69) is 15.9 Å². The maximum atomic E-state index is 12.1. The van der Waals surface area contributed by atoms with Crippen LogP contribution >= 0.6 is 15.9 Å². The molecule has 0 saturated heterocycles. The zero-order valence-electron chi connectivity index (χ0n) is 19.7. The van der Waals surface area contributed by atoms with E-state index < -0.39 is 12.1 Å². The van der Waals surface area contributed by atoms with Crippen LogP contribution in [0.5, 0.6) is 5.88 Å². The number of carbonyl (C=O) groups excluding carboxylic acids is 1. The highest BCUT2D eigenvalue weighted by Gasteiger charge is 2.21. The summed E-state index contributed by atoms with van der Waals surface area (Å²) in [5.74, 6) is 0.764. The molecule has 1 atom stereocenters. The SMILES string of the molecule is COC(=O)C(OCCCCOc1nc(-c2ccc(C)cc2)nc2ccc(Br)cc12)c1ccccc1. The first kappa shape index (κ1) is 24.8. The molecule has 0 N–H and O–H groups in total. The summed E-state index contributed by atoms with van der Waals surface area (Å²) in [5, 5.41) is 0.848. The molecule has 0 spiro atoms. The number of rotatable bonds is 10. The number of ether oxygens (including phenoxy) is 3. The van der Waals surface area contributed by atoms with Gasteiger partial charge in [-0.25, -0.2) is 9.78 Å². The van der Waals surface area contributed by atoms with Crippen LogP contribution in [-0.2, 0) is 14.3 Å². The summed E-state index contributed by atoms with van der Waals surface area (Å²) in [6.45, 7) is 2.92. The quantitative estimate of drug-likeness (QED) is 0.172. The summed E-state index contributed by atoms with van der Waals surface area (Å²) in [7, 11) is 1.37. The Morgan fingerprint density at radius 2 is 1.69 bits per heavy atom. The van der Waals surface area contributed by atoms with Gasteiger partial charge in [-0.2, -0.15) is 4.98 Å².